The fourth-order valence-electron chi connectivity index (χ4n) is 0.911. The van der Waals surface area contributed by atoms with Crippen molar-refractivity contribution < 1.29 is 0 Å². The lowest BCUT2D eigenvalue weighted by Crippen LogP contribution is -2.15. The Hall–Kier alpha value is -0.500. The molecule has 3 heteroatoms. The molecule has 0 unspecified atom stereocenters. The van der Waals surface area contributed by atoms with Gasteiger partial charge in [-0.05, 0) is 5.41 Å². The first kappa shape index (κ1) is 8.60. The molecule has 1 rings (SSSR count). The highest BCUT2D eigenvalue weighted by Crippen LogP contribution is 2.16. The molecular formula is C8H13ClN2. The zero-order valence-electron chi connectivity index (χ0n) is 7.13. The van der Waals surface area contributed by atoms with E-state index in [0.717, 1.165) is 6.54 Å². The van der Waals surface area contributed by atoms with Crippen LogP contribution in [0, 0.1) is 5.41 Å². The van der Waals surface area contributed by atoms with Crippen molar-refractivity contribution in [1.29, 1.82) is 0 Å². The number of halogens is 1. The van der Waals surface area contributed by atoms with Crippen molar-refractivity contribution in [1.82, 2.24) is 9.78 Å². The molecule has 0 fully saturated rings. The standard InChI is InChI=1S/C8H13ClN2/c1-8(2,3)6-11-5-7(9)4-10-11/h4-5H,6H2,1-3H3. The first-order valence-corrected chi connectivity index (χ1v) is 4.03. The zero-order valence-corrected chi connectivity index (χ0v) is 7.89. The highest BCUT2D eigenvalue weighted by Gasteiger charge is 2.11. The Kier molecular flexibility index (Phi) is 2.23. The van der Waals surface area contributed by atoms with E-state index in [2.05, 4.69) is 25.9 Å². The molecule has 0 aromatic carbocycles. The van der Waals surface area contributed by atoms with Crippen LogP contribution in [0.2, 0.25) is 5.02 Å². The van der Waals surface area contributed by atoms with Crippen molar-refractivity contribution in [3.63, 3.8) is 0 Å². The molecule has 1 aromatic heterocycles. The van der Waals surface area contributed by atoms with Crippen molar-refractivity contribution >= 4 is 11.6 Å². The van der Waals surface area contributed by atoms with Gasteiger partial charge in [0.05, 0.1) is 11.2 Å². The van der Waals surface area contributed by atoms with Gasteiger partial charge in [0.15, 0.2) is 0 Å². The zero-order chi connectivity index (χ0) is 8.48. The van der Waals surface area contributed by atoms with E-state index in [0.29, 0.717) is 5.02 Å². The van der Waals surface area contributed by atoms with Crippen LogP contribution >= 0.6 is 11.6 Å². The Morgan fingerprint density at radius 1 is 1.55 bits per heavy atom. The summed E-state index contributed by atoms with van der Waals surface area (Å²) in [5, 5.41) is 4.79. The van der Waals surface area contributed by atoms with Gasteiger partial charge in [0.25, 0.3) is 0 Å². The molecule has 0 radical (unpaired) electrons. The second-order valence-corrected chi connectivity index (χ2v) is 4.35. The molecule has 0 N–H and O–H groups in total. The summed E-state index contributed by atoms with van der Waals surface area (Å²) in [5.74, 6) is 0. The van der Waals surface area contributed by atoms with Crippen LogP contribution in [-0.2, 0) is 6.54 Å². The highest BCUT2D eigenvalue weighted by atomic mass is 35.5. The molecule has 0 aliphatic rings. The summed E-state index contributed by atoms with van der Waals surface area (Å²) in [5.41, 5.74) is 0.259. The summed E-state index contributed by atoms with van der Waals surface area (Å²) in [4.78, 5) is 0. The van der Waals surface area contributed by atoms with Gasteiger partial charge >= 0.3 is 0 Å². The molecular weight excluding hydrogens is 160 g/mol. The van der Waals surface area contributed by atoms with Crippen LogP contribution in [-0.4, -0.2) is 9.78 Å². The predicted octanol–water partition coefficient (Wildman–Crippen LogP) is 2.58. The maximum atomic E-state index is 5.71. The van der Waals surface area contributed by atoms with Gasteiger partial charge in [-0.15, -0.1) is 0 Å². The second-order valence-electron chi connectivity index (χ2n) is 3.92. The van der Waals surface area contributed by atoms with Gasteiger partial charge in [-0.1, -0.05) is 32.4 Å². The van der Waals surface area contributed by atoms with Crippen molar-refractivity contribution in [3.8, 4) is 0 Å². The topological polar surface area (TPSA) is 17.8 Å². The van der Waals surface area contributed by atoms with Crippen molar-refractivity contribution in [3.05, 3.63) is 17.4 Å². The summed E-state index contributed by atoms with van der Waals surface area (Å²) < 4.78 is 1.86. The van der Waals surface area contributed by atoms with Gasteiger partial charge in [0, 0.05) is 12.7 Å². The summed E-state index contributed by atoms with van der Waals surface area (Å²) in [6.07, 6.45) is 3.50. The summed E-state index contributed by atoms with van der Waals surface area (Å²) in [7, 11) is 0. The maximum absolute atomic E-state index is 5.71. The van der Waals surface area contributed by atoms with Crippen LogP contribution in [0.1, 0.15) is 20.8 Å². The lowest BCUT2D eigenvalue weighted by Gasteiger charge is -2.17. The summed E-state index contributed by atoms with van der Waals surface area (Å²) in [6.45, 7) is 7.41. The average Bonchev–Trinajstić information content (AvgIpc) is 2.10. The molecule has 1 heterocycles. The molecule has 11 heavy (non-hydrogen) atoms. The third kappa shape index (κ3) is 2.93. The van der Waals surface area contributed by atoms with Crippen LogP contribution in [0.4, 0.5) is 0 Å². The van der Waals surface area contributed by atoms with E-state index in [1.165, 1.54) is 0 Å². The van der Waals surface area contributed by atoms with Gasteiger partial charge in [0.2, 0.25) is 0 Å². The fourth-order valence-corrected chi connectivity index (χ4v) is 1.07. The minimum atomic E-state index is 0.259. The number of aromatic nitrogens is 2. The number of rotatable bonds is 1. The molecule has 0 atom stereocenters. The van der Waals surface area contributed by atoms with E-state index in [-0.39, 0.29) is 5.41 Å². The molecule has 62 valence electrons. The summed E-state index contributed by atoms with van der Waals surface area (Å²) >= 11 is 5.71. The van der Waals surface area contributed by atoms with Crippen molar-refractivity contribution in [2.75, 3.05) is 0 Å². The summed E-state index contributed by atoms with van der Waals surface area (Å²) in [6, 6.07) is 0. The minimum absolute atomic E-state index is 0.259. The van der Waals surface area contributed by atoms with Crippen LogP contribution in [0.25, 0.3) is 0 Å². The Morgan fingerprint density at radius 2 is 2.18 bits per heavy atom. The number of nitrogens with zero attached hydrogens (tertiary/aromatic N) is 2. The van der Waals surface area contributed by atoms with Crippen LogP contribution in [0.15, 0.2) is 12.4 Å². The Labute approximate surface area is 72.2 Å². The lowest BCUT2D eigenvalue weighted by molar-refractivity contribution is 0.325. The van der Waals surface area contributed by atoms with E-state index in [9.17, 15) is 0 Å². The number of hydrogen-bond acceptors (Lipinski definition) is 1. The molecule has 1 aromatic rings. The van der Waals surface area contributed by atoms with E-state index in [1.807, 2.05) is 10.9 Å². The van der Waals surface area contributed by atoms with E-state index in [1.54, 1.807) is 6.20 Å². The normalized spacial score (nSPS) is 12.0. The SMILES string of the molecule is CC(C)(C)Cn1cc(Cl)cn1. The molecule has 0 bridgehead atoms. The third-order valence-electron chi connectivity index (χ3n) is 1.24. The van der Waals surface area contributed by atoms with Crippen LogP contribution < -0.4 is 0 Å². The molecule has 0 spiro atoms. The largest absolute Gasteiger partial charge is 0.271 e. The van der Waals surface area contributed by atoms with Crippen molar-refractivity contribution in [2.24, 2.45) is 5.41 Å². The van der Waals surface area contributed by atoms with Gasteiger partial charge < -0.3 is 0 Å². The minimum Gasteiger partial charge on any atom is -0.271 e. The Balaban J connectivity index is 2.65. The smallest absolute Gasteiger partial charge is 0.0785 e. The average molecular weight is 173 g/mol. The van der Waals surface area contributed by atoms with Gasteiger partial charge in [-0.25, -0.2) is 0 Å². The fraction of sp³-hybridized carbons (Fsp3) is 0.625. The molecule has 0 saturated heterocycles. The Morgan fingerprint density at radius 3 is 2.55 bits per heavy atom. The Bertz CT molecular complexity index is 234. The van der Waals surface area contributed by atoms with Gasteiger partial charge in [-0.3, -0.25) is 4.68 Å². The quantitative estimate of drug-likeness (QED) is 0.637. The monoisotopic (exact) mass is 172 g/mol. The van der Waals surface area contributed by atoms with E-state index < -0.39 is 0 Å². The van der Waals surface area contributed by atoms with Gasteiger partial charge in [-0.2, -0.15) is 5.10 Å². The van der Waals surface area contributed by atoms with Crippen LogP contribution in [0.3, 0.4) is 0 Å². The molecule has 0 amide bonds. The molecule has 2 nitrogen and oxygen atoms in total. The van der Waals surface area contributed by atoms with Gasteiger partial charge in [0.1, 0.15) is 0 Å². The molecule has 0 aliphatic carbocycles. The predicted molar refractivity (Wildman–Crippen MR) is 46.7 cm³/mol. The number of hydrogen-bond donors (Lipinski definition) is 0. The highest BCUT2D eigenvalue weighted by molar-refractivity contribution is 6.30. The van der Waals surface area contributed by atoms with E-state index >= 15 is 0 Å². The van der Waals surface area contributed by atoms with E-state index in [4.69, 9.17) is 11.6 Å². The first-order valence-electron chi connectivity index (χ1n) is 3.65. The lowest BCUT2D eigenvalue weighted by atomic mass is 9.97. The molecule has 0 aliphatic heterocycles. The second kappa shape index (κ2) is 2.86. The molecule has 0 saturated carbocycles. The first-order chi connectivity index (χ1) is 4.97. The third-order valence-corrected chi connectivity index (χ3v) is 1.43. The van der Waals surface area contributed by atoms with Crippen molar-refractivity contribution in [2.45, 2.75) is 27.3 Å². The van der Waals surface area contributed by atoms with Crippen LogP contribution in [0.5, 0.6) is 0 Å². The maximum Gasteiger partial charge on any atom is 0.0785 e.